The Bertz CT molecular complexity index is 2810. The molecule has 3 aliphatic heterocycles. The average molecular weight is 897 g/mol. The molecule has 2 saturated heterocycles. The minimum atomic E-state index is -1.20. The summed E-state index contributed by atoms with van der Waals surface area (Å²) < 4.78 is 16.8. The van der Waals surface area contributed by atoms with Crippen LogP contribution in [-0.4, -0.2) is 111 Å². The summed E-state index contributed by atoms with van der Waals surface area (Å²) in [4.78, 5) is 74.6. The predicted molar refractivity (Wildman–Crippen MR) is 247 cm³/mol. The third-order valence-corrected chi connectivity index (χ3v) is 13.7. The topological polar surface area (TPSA) is 195 Å². The van der Waals surface area contributed by atoms with Crippen LogP contribution in [0.5, 0.6) is 5.75 Å². The van der Waals surface area contributed by atoms with E-state index >= 15 is 0 Å². The molecule has 0 aliphatic carbocycles. The summed E-state index contributed by atoms with van der Waals surface area (Å²) >= 11 is 0. The van der Waals surface area contributed by atoms with Gasteiger partial charge in [0.15, 0.2) is 0 Å². The minimum Gasteiger partial charge on any atom is -0.488 e. The van der Waals surface area contributed by atoms with Crippen molar-refractivity contribution in [3.8, 4) is 28.1 Å². The SMILES string of the molecule is CC[C@@H](C)[C@H](NC(=O)OC)C(=O)N1C[C@@H](C)C[C@H]1c1ncc(-c2ccc3c(c2)COc2cc4c(ccc5[nH]c([C@@H]6C[C@H](COC)CN6C(=O)[C@@H](c6ccccc6)N(C)C(=O)O)nc54)cc2-3)[nH]1. The van der Waals surface area contributed by atoms with Crippen molar-refractivity contribution in [3.05, 3.63) is 102 Å². The lowest BCUT2D eigenvalue weighted by molar-refractivity contribution is -0.137. The number of amides is 4. The zero-order valence-electron chi connectivity index (χ0n) is 38.0. The fraction of sp³-hybridized carbons (Fsp3) is 0.400. The summed E-state index contributed by atoms with van der Waals surface area (Å²) in [6.45, 7) is 7.83. The fourth-order valence-corrected chi connectivity index (χ4v) is 10.1. The Morgan fingerprint density at radius 3 is 2.45 bits per heavy atom. The van der Waals surface area contributed by atoms with Gasteiger partial charge in [-0.3, -0.25) is 14.5 Å². The van der Waals surface area contributed by atoms with E-state index in [0.29, 0.717) is 56.4 Å². The number of imidazole rings is 2. The Kier molecular flexibility index (Phi) is 12.2. The Hall–Kier alpha value is -6.94. The normalized spacial score (nSPS) is 20.3. The van der Waals surface area contributed by atoms with Gasteiger partial charge < -0.3 is 44.4 Å². The Morgan fingerprint density at radius 2 is 1.71 bits per heavy atom. The van der Waals surface area contributed by atoms with E-state index in [4.69, 9.17) is 24.2 Å². The molecule has 0 saturated carbocycles. The van der Waals surface area contributed by atoms with Crippen LogP contribution in [-0.2, 0) is 25.7 Å². The average Bonchev–Trinajstić information content (AvgIpc) is 4.16. The number of nitrogens with zero attached hydrogens (tertiary/aromatic N) is 5. The van der Waals surface area contributed by atoms with E-state index in [1.54, 1.807) is 36.3 Å². The molecule has 4 aromatic carbocycles. The molecule has 344 valence electrons. The molecule has 16 nitrogen and oxygen atoms in total. The van der Waals surface area contributed by atoms with E-state index in [0.717, 1.165) is 66.8 Å². The number of carboxylic acid groups (broad SMARTS) is 1. The van der Waals surface area contributed by atoms with Gasteiger partial charge >= 0.3 is 12.2 Å². The standard InChI is InChI=1S/C50H56N8O8/c1-7-28(3)42(55-49(61)65-6)47(59)57-23-27(2)17-39(57)45-51-22-38(53-45)32-13-15-34-33(19-32)26-66-41-21-35-31(20-36(34)41)14-16-37-43(35)54-46(52-37)40-18-29(25-64-5)24-58(40)48(60)44(56(4)50(62)63)30-11-9-8-10-12-30/h8-16,19-22,27-29,39-40,42,44H,7,17-18,23-26H2,1-6H3,(H,51,53)(H,52,54)(H,55,61)(H,62,63)/t27-,28+,29-,39-,40-,42-,44+/m0/s1. The molecular formula is C50H56N8O8. The van der Waals surface area contributed by atoms with Gasteiger partial charge in [0.2, 0.25) is 5.91 Å². The van der Waals surface area contributed by atoms with Crippen LogP contribution in [0.3, 0.4) is 0 Å². The number of methoxy groups -OCH3 is 2. The van der Waals surface area contributed by atoms with Crippen LogP contribution in [0.15, 0.2) is 79.0 Å². The van der Waals surface area contributed by atoms with Crippen LogP contribution in [0, 0.1) is 17.8 Å². The lowest BCUT2D eigenvalue weighted by Gasteiger charge is -2.32. The van der Waals surface area contributed by atoms with E-state index < -0.39 is 30.3 Å². The fourth-order valence-electron chi connectivity index (χ4n) is 10.1. The molecule has 5 heterocycles. The highest BCUT2D eigenvalue weighted by Crippen LogP contribution is 2.44. The Balaban J connectivity index is 0.984. The maximum Gasteiger partial charge on any atom is 0.407 e. The molecule has 0 spiro atoms. The monoisotopic (exact) mass is 896 g/mol. The molecular weight excluding hydrogens is 841 g/mol. The van der Waals surface area contributed by atoms with Gasteiger partial charge in [-0.15, -0.1) is 0 Å². The van der Waals surface area contributed by atoms with Crippen LogP contribution >= 0.6 is 0 Å². The summed E-state index contributed by atoms with van der Waals surface area (Å²) in [7, 11) is 4.36. The van der Waals surface area contributed by atoms with Crippen molar-refractivity contribution in [2.24, 2.45) is 17.8 Å². The van der Waals surface area contributed by atoms with Crippen molar-refractivity contribution in [1.29, 1.82) is 0 Å². The van der Waals surface area contributed by atoms with E-state index in [9.17, 15) is 24.3 Å². The smallest absolute Gasteiger partial charge is 0.407 e. The molecule has 9 rings (SSSR count). The van der Waals surface area contributed by atoms with Gasteiger partial charge in [-0.05, 0) is 76.6 Å². The van der Waals surface area contributed by atoms with Crippen LogP contribution < -0.4 is 10.1 Å². The molecule has 16 heteroatoms. The molecule has 2 fully saturated rings. The molecule has 66 heavy (non-hydrogen) atoms. The predicted octanol–water partition coefficient (Wildman–Crippen LogP) is 8.23. The van der Waals surface area contributed by atoms with Gasteiger partial charge in [0.1, 0.15) is 36.1 Å². The second kappa shape index (κ2) is 18.1. The zero-order valence-corrected chi connectivity index (χ0v) is 38.0. The number of aromatic amines is 2. The van der Waals surface area contributed by atoms with Crippen molar-refractivity contribution in [2.75, 3.05) is 41.0 Å². The molecule has 0 unspecified atom stereocenters. The van der Waals surface area contributed by atoms with E-state index in [1.807, 2.05) is 43.1 Å². The van der Waals surface area contributed by atoms with Gasteiger partial charge in [0.05, 0.1) is 48.7 Å². The van der Waals surface area contributed by atoms with Crippen LogP contribution in [0.25, 0.3) is 44.2 Å². The maximum absolute atomic E-state index is 14.5. The largest absolute Gasteiger partial charge is 0.488 e. The van der Waals surface area contributed by atoms with Gasteiger partial charge in [0.25, 0.3) is 5.91 Å². The van der Waals surface area contributed by atoms with Gasteiger partial charge in [0, 0.05) is 44.1 Å². The van der Waals surface area contributed by atoms with Crippen LogP contribution in [0.2, 0.25) is 0 Å². The van der Waals surface area contributed by atoms with Gasteiger partial charge in [-0.2, -0.15) is 0 Å². The van der Waals surface area contributed by atoms with Crippen molar-refractivity contribution >= 4 is 45.8 Å². The highest BCUT2D eigenvalue weighted by molar-refractivity contribution is 6.07. The van der Waals surface area contributed by atoms with Crippen molar-refractivity contribution in [2.45, 2.75) is 70.8 Å². The first-order valence-corrected chi connectivity index (χ1v) is 22.6. The summed E-state index contributed by atoms with van der Waals surface area (Å²) in [6, 6.07) is 21.1. The number of alkyl carbamates (subject to hydrolysis) is 1. The molecule has 0 bridgehead atoms. The second-order valence-electron chi connectivity index (χ2n) is 18.1. The number of H-pyrrole nitrogens is 2. The number of benzene rings is 4. The number of hydrogen-bond donors (Lipinski definition) is 4. The number of ether oxygens (including phenoxy) is 3. The third-order valence-electron chi connectivity index (χ3n) is 13.7. The van der Waals surface area contributed by atoms with E-state index in [2.05, 4.69) is 52.5 Å². The number of carbonyl (C=O) groups is 4. The Morgan fingerprint density at radius 1 is 0.939 bits per heavy atom. The van der Waals surface area contributed by atoms with Crippen molar-refractivity contribution < 1.29 is 38.5 Å². The minimum absolute atomic E-state index is 0.0274. The van der Waals surface area contributed by atoms with Crippen LogP contribution in [0.1, 0.15) is 80.9 Å². The lowest BCUT2D eigenvalue weighted by Crippen LogP contribution is -2.51. The highest BCUT2D eigenvalue weighted by Gasteiger charge is 2.43. The van der Waals surface area contributed by atoms with Crippen molar-refractivity contribution in [1.82, 2.24) is 40.0 Å². The number of carbonyl (C=O) groups excluding carboxylic acids is 3. The summed E-state index contributed by atoms with van der Waals surface area (Å²) in [5.41, 5.74) is 6.97. The highest BCUT2D eigenvalue weighted by atomic mass is 16.5. The summed E-state index contributed by atoms with van der Waals surface area (Å²) in [5, 5.41) is 14.7. The van der Waals surface area contributed by atoms with Crippen LogP contribution in [0.4, 0.5) is 9.59 Å². The molecule has 0 radical (unpaired) electrons. The molecule has 4 N–H and O–H groups in total. The zero-order chi connectivity index (χ0) is 46.4. The van der Waals surface area contributed by atoms with E-state index in [1.165, 1.54) is 14.2 Å². The molecule has 6 aromatic rings. The third kappa shape index (κ3) is 8.18. The summed E-state index contributed by atoms with van der Waals surface area (Å²) in [6.07, 6.45) is 2.04. The maximum atomic E-state index is 14.5. The number of hydrogen-bond acceptors (Lipinski definition) is 9. The second-order valence-corrected chi connectivity index (χ2v) is 18.1. The number of likely N-dealkylation sites (N-methyl/N-ethyl adjacent to an activating group) is 1. The molecule has 2 aromatic heterocycles. The lowest BCUT2D eigenvalue weighted by atomic mass is 9.92. The van der Waals surface area contributed by atoms with Gasteiger partial charge in [-0.1, -0.05) is 75.7 Å². The van der Waals surface area contributed by atoms with Crippen molar-refractivity contribution in [3.63, 3.8) is 0 Å². The van der Waals surface area contributed by atoms with Gasteiger partial charge in [-0.25, -0.2) is 19.6 Å². The number of aromatic nitrogens is 4. The quantitative estimate of drug-likeness (QED) is 0.0929. The molecule has 7 atom stereocenters. The molecule has 4 amide bonds. The summed E-state index contributed by atoms with van der Waals surface area (Å²) in [5.74, 6) is 1.80. The number of nitrogens with one attached hydrogen (secondary N) is 3. The first-order valence-electron chi connectivity index (χ1n) is 22.6. The first kappa shape index (κ1) is 44.3. The number of fused-ring (bicyclic) bond motifs is 6. The first-order chi connectivity index (χ1) is 31.9. The Labute approximate surface area is 382 Å². The number of likely N-dealkylation sites (tertiary alicyclic amines) is 2. The van der Waals surface area contributed by atoms with E-state index in [-0.39, 0.29) is 35.6 Å². The molecule has 3 aliphatic rings. The number of rotatable bonds is 12.